The van der Waals surface area contributed by atoms with E-state index in [1.807, 2.05) is 32.0 Å². The first-order chi connectivity index (χ1) is 11.1. The molecule has 6 heteroatoms. The lowest BCUT2D eigenvalue weighted by atomic mass is 10.2. The summed E-state index contributed by atoms with van der Waals surface area (Å²) in [5.74, 6) is 1.33. The van der Waals surface area contributed by atoms with Crippen molar-refractivity contribution < 1.29 is 5.11 Å². The molecule has 0 spiro atoms. The molecule has 0 fully saturated rings. The van der Waals surface area contributed by atoms with E-state index in [2.05, 4.69) is 25.3 Å². The lowest BCUT2D eigenvalue weighted by Gasteiger charge is -2.15. The molecular weight excluding hydrogens is 290 g/mol. The van der Waals surface area contributed by atoms with Crippen LogP contribution in [0.3, 0.4) is 0 Å². The zero-order chi connectivity index (χ0) is 16.2. The van der Waals surface area contributed by atoms with Crippen LogP contribution in [0.4, 0.5) is 5.82 Å². The van der Waals surface area contributed by atoms with E-state index >= 15 is 0 Å². The quantitative estimate of drug-likeness (QED) is 0.770. The van der Waals surface area contributed by atoms with Gasteiger partial charge in [0.25, 0.3) is 0 Å². The fraction of sp³-hybridized carbons (Fsp3) is 0.176. The number of aromatic nitrogens is 4. The number of rotatable bonds is 4. The molecule has 1 atom stereocenters. The normalized spacial score (nSPS) is 11.9. The Kier molecular flexibility index (Phi) is 4.14. The van der Waals surface area contributed by atoms with E-state index in [-0.39, 0.29) is 11.8 Å². The maximum absolute atomic E-state index is 9.99. The largest absolute Gasteiger partial charge is 0.507 e. The number of phenolic OH excluding ortho intramolecular Hbond substituents is 1. The highest BCUT2D eigenvalue weighted by molar-refractivity contribution is 5.64. The van der Waals surface area contributed by atoms with Gasteiger partial charge >= 0.3 is 0 Å². The van der Waals surface area contributed by atoms with Gasteiger partial charge < -0.3 is 10.4 Å². The minimum atomic E-state index is -0.0236. The molecule has 0 saturated carbocycles. The minimum Gasteiger partial charge on any atom is -0.507 e. The Morgan fingerprint density at radius 1 is 1.13 bits per heavy atom. The van der Waals surface area contributed by atoms with Crippen LogP contribution in [0.2, 0.25) is 0 Å². The Morgan fingerprint density at radius 3 is 2.70 bits per heavy atom. The van der Waals surface area contributed by atoms with Crippen molar-refractivity contribution >= 4 is 5.82 Å². The molecule has 6 nitrogen and oxygen atoms in total. The van der Waals surface area contributed by atoms with Crippen molar-refractivity contribution in [2.75, 3.05) is 5.32 Å². The second-order valence-corrected chi connectivity index (χ2v) is 5.24. The van der Waals surface area contributed by atoms with Gasteiger partial charge in [0.15, 0.2) is 5.82 Å². The summed E-state index contributed by atoms with van der Waals surface area (Å²) in [4.78, 5) is 17.1. The van der Waals surface area contributed by atoms with Crippen molar-refractivity contribution in [3.63, 3.8) is 0 Å². The van der Waals surface area contributed by atoms with Crippen molar-refractivity contribution in [1.82, 2.24) is 19.9 Å². The molecule has 23 heavy (non-hydrogen) atoms. The first-order valence-corrected chi connectivity index (χ1v) is 7.30. The predicted octanol–water partition coefficient (Wildman–Crippen LogP) is 3.12. The lowest BCUT2D eigenvalue weighted by Crippen LogP contribution is -2.10. The first-order valence-electron chi connectivity index (χ1n) is 7.30. The fourth-order valence-electron chi connectivity index (χ4n) is 2.28. The van der Waals surface area contributed by atoms with Gasteiger partial charge in [0.2, 0.25) is 0 Å². The average Bonchev–Trinajstić information content (AvgIpc) is 2.55. The van der Waals surface area contributed by atoms with Crippen LogP contribution in [0, 0.1) is 6.92 Å². The summed E-state index contributed by atoms with van der Waals surface area (Å²) in [5, 5.41) is 13.3. The van der Waals surface area contributed by atoms with E-state index in [9.17, 15) is 5.11 Å². The van der Waals surface area contributed by atoms with E-state index < -0.39 is 0 Å². The maximum Gasteiger partial charge on any atom is 0.165 e. The van der Waals surface area contributed by atoms with Crippen LogP contribution >= 0.6 is 0 Å². The number of anilines is 1. The Bertz CT molecular complexity index is 807. The molecule has 0 saturated heterocycles. The fourth-order valence-corrected chi connectivity index (χ4v) is 2.28. The standard InChI is InChI=1S/C17H17N5O/c1-11-9-16(21-12(2)14-7-8-18-10-19-14)22-17(20-11)13-5-3-4-6-15(13)23/h3-10,12,23H,1-2H3,(H,20,21,22)/t12-/m0/s1. The van der Waals surface area contributed by atoms with Gasteiger partial charge in [0, 0.05) is 18.0 Å². The van der Waals surface area contributed by atoms with Crippen LogP contribution in [0.25, 0.3) is 11.4 Å². The molecule has 0 aliphatic carbocycles. The van der Waals surface area contributed by atoms with Gasteiger partial charge in [-0.25, -0.2) is 19.9 Å². The molecule has 3 aromatic rings. The van der Waals surface area contributed by atoms with Gasteiger partial charge in [-0.3, -0.25) is 0 Å². The number of aryl methyl sites for hydroxylation is 1. The van der Waals surface area contributed by atoms with Crippen molar-refractivity contribution in [3.05, 3.63) is 60.3 Å². The Hall–Kier alpha value is -3.02. The third-order valence-corrected chi connectivity index (χ3v) is 3.41. The molecule has 0 aliphatic heterocycles. The van der Waals surface area contributed by atoms with Crippen LogP contribution in [-0.4, -0.2) is 25.0 Å². The second-order valence-electron chi connectivity index (χ2n) is 5.24. The van der Waals surface area contributed by atoms with E-state index in [4.69, 9.17) is 0 Å². The third kappa shape index (κ3) is 3.42. The molecule has 0 amide bonds. The van der Waals surface area contributed by atoms with Gasteiger partial charge in [0.1, 0.15) is 17.9 Å². The molecule has 0 radical (unpaired) electrons. The number of aromatic hydroxyl groups is 1. The van der Waals surface area contributed by atoms with Gasteiger partial charge in [-0.1, -0.05) is 12.1 Å². The summed E-state index contributed by atoms with van der Waals surface area (Å²) < 4.78 is 0. The zero-order valence-corrected chi connectivity index (χ0v) is 12.9. The molecule has 0 unspecified atom stereocenters. The highest BCUT2D eigenvalue weighted by Crippen LogP contribution is 2.27. The average molecular weight is 307 g/mol. The number of phenols is 1. The van der Waals surface area contributed by atoms with Crippen molar-refractivity contribution in [2.24, 2.45) is 0 Å². The number of benzene rings is 1. The van der Waals surface area contributed by atoms with Gasteiger partial charge in [-0.05, 0) is 32.0 Å². The Balaban J connectivity index is 1.91. The molecule has 0 bridgehead atoms. The van der Waals surface area contributed by atoms with E-state index in [1.165, 1.54) is 6.33 Å². The maximum atomic E-state index is 9.99. The number of nitrogens with one attached hydrogen (secondary N) is 1. The molecule has 3 rings (SSSR count). The summed E-state index contributed by atoms with van der Waals surface area (Å²) in [7, 11) is 0. The van der Waals surface area contributed by atoms with Gasteiger partial charge in [0.05, 0.1) is 17.3 Å². The molecule has 2 heterocycles. The number of para-hydroxylation sites is 1. The van der Waals surface area contributed by atoms with E-state index in [0.29, 0.717) is 17.2 Å². The van der Waals surface area contributed by atoms with Crippen LogP contribution in [0.15, 0.2) is 48.9 Å². The zero-order valence-electron chi connectivity index (χ0n) is 12.9. The second kappa shape index (κ2) is 6.39. The van der Waals surface area contributed by atoms with Crippen molar-refractivity contribution in [2.45, 2.75) is 19.9 Å². The smallest absolute Gasteiger partial charge is 0.165 e. The van der Waals surface area contributed by atoms with Crippen LogP contribution in [-0.2, 0) is 0 Å². The highest BCUT2D eigenvalue weighted by atomic mass is 16.3. The molecule has 2 aromatic heterocycles. The summed E-state index contributed by atoms with van der Waals surface area (Å²) in [6, 6.07) is 10.7. The molecule has 2 N–H and O–H groups in total. The number of hydrogen-bond acceptors (Lipinski definition) is 6. The Labute approximate surface area is 134 Å². The number of hydrogen-bond donors (Lipinski definition) is 2. The highest BCUT2D eigenvalue weighted by Gasteiger charge is 2.12. The van der Waals surface area contributed by atoms with Crippen LogP contribution in [0.1, 0.15) is 24.4 Å². The summed E-state index contributed by atoms with van der Waals surface area (Å²) >= 11 is 0. The molecular formula is C17H17N5O. The lowest BCUT2D eigenvalue weighted by molar-refractivity contribution is 0.477. The third-order valence-electron chi connectivity index (χ3n) is 3.41. The summed E-state index contributed by atoms with van der Waals surface area (Å²) in [6.45, 7) is 3.89. The first kappa shape index (κ1) is 14.9. The SMILES string of the molecule is Cc1cc(N[C@@H](C)c2ccncn2)nc(-c2ccccc2O)n1. The topological polar surface area (TPSA) is 83.8 Å². The molecule has 1 aromatic carbocycles. The van der Waals surface area contributed by atoms with Crippen molar-refractivity contribution in [3.8, 4) is 17.1 Å². The van der Waals surface area contributed by atoms with Crippen LogP contribution in [0.5, 0.6) is 5.75 Å². The summed E-state index contributed by atoms with van der Waals surface area (Å²) in [6.07, 6.45) is 3.23. The molecule has 0 aliphatic rings. The van der Waals surface area contributed by atoms with E-state index in [1.54, 1.807) is 24.4 Å². The Morgan fingerprint density at radius 2 is 1.96 bits per heavy atom. The number of nitrogens with zero attached hydrogens (tertiary/aromatic N) is 4. The summed E-state index contributed by atoms with van der Waals surface area (Å²) in [5.41, 5.74) is 2.30. The predicted molar refractivity (Wildman–Crippen MR) is 87.9 cm³/mol. The van der Waals surface area contributed by atoms with Gasteiger partial charge in [-0.2, -0.15) is 0 Å². The molecule has 116 valence electrons. The van der Waals surface area contributed by atoms with Crippen LogP contribution < -0.4 is 5.32 Å². The van der Waals surface area contributed by atoms with Gasteiger partial charge in [-0.15, -0.1) is 0 Å². The monoisotopic (exact) mass is 307 g/mol. The minimum absolute atomic E-state index is 0.0236. The van der Waals surface area contributed by atoms with Crippen molar-refractivity contribution in [1.29, 1.82) is 0 Å². The van der Waals surface area contributed by atoms with E-state index in [0.717, 1.165) is 11.4 Å².